The van der Waals surface area contributed by atoms with Crippen molar-refractivity contribution in [3.05, 3.63) is 28.4 Å². The minimum atomic E-state index is -0.536. The highest BCUT2D eigenvalue weighted by atomic mass is 32.2. The van der Waals surface area contributed by atoms with E-state index in [4.69, 9.17) is 4.74 Å². The van der Waals surface area contributed by atoms with E-state index in [1.165, 1.54) is 31.1 Å². The smallest absolute Gasteiger partial charge is 0.408 e. The van der Waals surface area contributed by atoms with E-state index in [0.717, 1.165) is 12.8 Å². The van der Waals surface area contributed by atoms with Gasteiger partial charge in [-0.3, -0.25) is 20.0 Å². The van der Waals surface area contributed by atoms with Crippen LogP contribution in [0.2, 0.25) is 0 Å². The molecule has 0 saturated heterocycles. The van der Waals surface area contributed by atoms with Crippen LogP contribution >= 0.6 is 11.8 Å². The van der Waals surface area contributed by atoms with Crippen LogP contribution in [0.3, 0.4) is 0 Å². The first-order chi connectivity index (χ1) is 11.1. The van der Waals surface area contributed by atoms with Crippen molar-refractivity contribution in [2.45, 2.75) is 12.8 Å². The number of unbranched alkanes of at least 4 members (excludes halogenated alkanes) is 1. The van der Waals surface area contributed by atoms with Crippen LogP contribution < -0.4 is 5.32 Å². The van der Waals surface area contributed by atoms with Crippen LogP contribution in [0.5, 0.6) is 0 Å². The van der Waals surface area contributed by atoms with Gasteiger partial charge in [-0.15, -0.1) is 11.8 Å². The van der Waals surface area contributed by atoms with Gasteiger partial charge in [-0.25, -0.2) is 4.79 Å². The lowest BCUT2D eigenvalue weighted by atomic mass is 10.0. The molecule has 0 radical (unpaired) electrons. The van der Waals surface area contributed by atoms with Crippen molar-refractivity contribution in [2.75, 3.05) is 26.2 Å². The van der Waals surface area contributed by atoms with E-state index in [-0.39, 0.29) is 24.0 Å². The molecule has 2 rings (SSSR count). The monoisotopic (exact) mass is 339 g/mol. The van der Waals surface area contributed by atoms with Gasteiger partial charge in [0.05, 0.1) is 23.8 Å². The minimum absolute atomic E-state index is 0.0984. The van der Waals surface area contributed by atoms with E-state index in [2.05, 4.69) is 20.3 Å². The first kappa shape index (κ1) is 17.2. The maximum atomic E-state index is 12.1. The predicted molar refractivity (Wildman–Crippen MR) is 83.4 cm³/mol. The molecule has 2 N–H and O–H groups in total. The lowest BCUT2D eigenvalue weighted by Gasteiger charge is -2.10. The third-order valence-corrected chi connectivity index (χ3v) is 4.17. The molecule has 0 aliphatic heterocycles. The molecule has 9 heteroatoms. The second-order valence-corrected chi connectivity index (χ2v) is 5.77. The Kier molecular flexibility index (Phi) is 6.36. The van der Waals surface area contributed by atoms with E-state index in [9.17, 15) is 14.4 Å². The van der Waals surface area contributed by atoms with Gasteiger partial charge in [0, 0.05) is 12.7 Å². The van der Waals surface area contributed by atoms with Crippen LogP contribution in [0.15, 0.2) is 17.2 Å². The van der Waals surface area contributed by atoms with Gasteiger partial charge in [-0.05, 0) is 18.6 Å². The molecular formula is C14H17N3O5S. The largest absolute Gasteiger partial charge is 0.453 e. The van der Waals surface area contributed by atoms with Crippen molar-refractivity contribution in [3.8, 4) is 0 Å². The number of nitrogens with zero attached hydrogens (tertiary/aromatic N) is 1. The lowest BCUT2D eigenvalue weighted by molar-refractivity contribution is 0.0989. The first-order valence-corrected chi connectivity index (χ1v) is 7.98. The molecule has 0 spiro atoms. The number of Topliss-reactive ketones (excluding diaryl/α,β-unsaturated/α-hetero) is 1. The van der Waals surface area contributed by atoms with Gasteiger partial charge in [0.1, 0.15) is 12.4 Å². The number of H-pyrrole nitrogens is 1. The number of alkyl carbamates (subject to hydrolysis) is 1. The molecule has 0 bridgehead atoms. The van der Waals surface area contributed by atoms with Crippen LogP contribution in [-0.4, -0.2) is 54.1 Å². The van der Waals surface area contributed by atoms with Crippen molar-refractivity contribution in [1.82, 2.24) is 15.5 Å². The fourth-order valence-electron chi connectivity index (χ4n) is 1.89. The molecular weight excluding hydrogens is 322 g/mol. The Labute approximate surface area is 137 Å². The summed E-state index contributed by atoms with van der Waals surface area (Å²) < 4.78 is 9.60. The summed E-state index contributed by atoms with van der Waals surface area (Å²) in [7, 11) is 1.28. The summed E-state index contributed by atoms with van der Waals surface area (Å²) in [5.74, 6) is 0.306. The molecule has 1 aromatic heterocycles. The molecule has 1 aromatic rings. The summed E-state index contributed by atoms with van der Waals surface area (Å²) in [5.41, 5.74) is 0.586. The molecule has 0 unspecified atom stereocenters. The Morgan fingerprint density at radius 3 is 3.00 bits per heavy atom. The SMILES string of the molecule is COC(=O)NCOCCCCSC1=CC(=O)c2[nH]ncc2C1=O. The maximum Gasteiger partial charge on any atom is 0.408 e. The second kappa shape index (κ2) is 8.49. The average molecular weight is 339 g/mol. The standard InChI is InChI=1S/C14H17N3O5S/c1-21-14(20)15-8-22-4-2-3-5-23-11-6-10(18)12-9(13(11)19)7-16-17-12/h6-7H,2-5,8H2,1H3,(H,15,20)(H,16,17). The van der Waals surface area contributed by atoms with Crippen molar-refractivity contribution in [2.24, 2.45) is 0 Å². The van der Waals surface area contributed by atoms with Crippen molar-refractivity contribution in [1.29, 1.82) is 0 Å². The number of nitrogens with one attached hydrogen (secondary N) is 2. The summed E-state index contributed by atoms with van der Waals surface area (Å²) in [6.45, 7) is 0.587. The second-order valence-electron chi connectivity index (χ2n) is 4.64. The molecule has 1 aliphatic rings. The van der Waals surface area contributed by atoms with Crippen molar-refractivity contribution in [3.63, 3.8) is 0 Å². The number of aromatic nitrogens is 2. The third-order valence-electron chi connectivity index (χ3n) is 3.06. The number of ketones is 2. The number of carbonyl (C=O) groups excluding carboxylic acids is 3. The summed E-state index contributed by atoms with van der Waals surface area (Å²) in [6.07, 6.45) is 3.80. The van der Waals surface area contributed by atoms with E-state index >= 15 is 0 Å². The number of aromatic amines is 1. The number of fused-ring (bicyclic) bond motifs is 1. The number of ether oxygens (including phenoxy) is 2. The Bertz CT molecular complexity index is 626. The number of allylic oxidation sites excluding steroid dienone is 2. The number of hydrogen-bond donors (Lipinski definition) is 2. The number of amides is 1. The maximum absolute atomic E-state index is 12.1. The molecule has 0 fully saturated rings. The fourth-order valence-corrected chi connectivity index (χ4v) is 2.89. The van der Waals surface area contributed by atoms with Crippen LogP contribution in [0.1, 0.15) is 33.7 Å². The minimum Gasteiger partial charge on any atom is -0.453 e. The number of carbonyl (C=O) groups is 3. The highest BCUT2D eigenvalue weighted by Gasteiger charge is 2.27. The normalized spacial score (nSPS) is 13.5. The zero-order chi connectivity index (χ0) is 16.7. The molecule has 0 aromatic carbocycles. The highest BCUT2D eigenvalue weighted by molar-refractivity contribution is 8.04. The summed E-state index contributed by atoms with van der Waals surface area (Å²) in [4.78, 5) is 35.2. The molecule has 0 saturated carbocycles. The highest BCUT2D eigenvalue weighted by Crippen LogP contribution is 2.27. The van der Waals surface area contributed by atoms with Crippen molar-refractivity contribution >= 4 is 29.4 Å². The van der Waals surface area contributed by atoms with E-state index in [1.807, 2.05) is 0 Å². The van der Waals surface area contributed by atoms with Gasteiger partial charge >= 0.3 is 6.09 Å². The topological polar surface area (TPSA) is 110 Å². The Hall–Kier alpha value is -2.13. The van der Waals surface area contributed by atoms with Crippen LogP contribution in [-0.2, 0) is 9.47 Å². The molecule has 1 amide bonds. The number of hydrogen-bond acceptors (Lipinski definition) is 7. The summed E-state index contributed by atoms with van der Waals surface area (Å²) >= 11 is 1.35. The van der Waals surface area contributed by atoms with Gasteiger partial charge in [-0.2, -0.15) is 5.10 Å². The van der Waals surface area contributed by atoms with Gasteiger partial charge in [0.2, 0.25) is 11.6 Å². The van der Waals surface area contributed by atoms with Crippen LogP contribution in [0.25, 0.3) is 0 Å². The Morgan fingerprint density at radius 2 is 2.22 bits per heavy atom. The molecule has 1 aliphatic carbocycles. The first-order valence-electron chi connectivity index (χ1n) is 7.00. The zero-order valence-corrected chi connectivity index (χ0v) is 13.4. The van der Waals surface area contributed by atoms with Gasteiger partial charge in [0.25, 0.3) is 0 Å². The van der Waals surface area contributed by atoms with Crippen LogP contribution in [0, 0.1) is 0 Å². The van der Waals surface area contributed by atoms with E-state index in [1.54, 1.807) is 0 Å². The predicted octanol–water partition coefficient (Wildman–Crippen LogP) is 1.52. The quantitative estimate of drug-likeness (QED) is 0.545. The van der Waals surface area contributed by atoms with E-state index in [0.29, 0.717) is 22.8 Å². The lowest BCUT2D eigenvalue weighted by Crippen LogP contribution is -2.25. The molecule has 124 valence electrons. The third kappa shape index (κ3) is 4.67. The number of methoxy groups -OCH3 is 1. The van der Waals surface area contributed by atoms with Crippen molar-refractivity contribution < 1.29 is 23.9 Å². The van der Waals surface area contributed by atoms with E-state index < -0.39 is 6.09 Å². The zero-order valence-electron chi connectivity index (χ0n) is 12.6. The molecule has 23 heavy (non-hydrogen) atoms. The van der Waals surface area contributed by atoms with Gasteiger partial charge < -0.3 is 9.47 Å². The summed E-state index contributed by atoms with van der Waals surface area (Å²) in [6, 6.07) is 0. The summed E-state index contributed by atoms with van der Waals surface area (Å²) in [5, 5.41) is 8.67. The molecule has 1 heterocycles. The number of thioether (sulfide) groups is 1. The Balaban J connectivity index is 1.63. The van der Waals surface area contributed by atoms with Gasteiger partial charge in [-0.1, -0.05) is 0 Å². The van der Waals surface area contributed by atoms with Crippen LogP contribution in [0.4, 0.5) is 4.79 Å². The van der Waals surface area contributed by atoms with Gasteiger partial charge in [0.15, 0.2) is 0 Å². The average Bonchev–Trinajstić information content (AvgIpc) is 3.04. The molecule has 0 atom stereocenters. The number of rotatable bonds is 8. The Morgan fingerprint density at radius 1 is 1.39 bits per heavy atom. The molecule has 8 nitrogen and oxygen atoms in total. The fraction of sp³-hybridized carbons (Fsp3) is 0.429.